The largest absolute Gasteiger partial charge is 0.370 e. The van der Waals surface area contributed by atoms with E-state index in [9.17, 15) is 0 Å². The van der Waals surface area contributed by atoms with Crippen LogP contribution in [0, 0.1) is 19.8 Å². The fraction of sp³-hybridized carbons (Fsp3) is 0.429. The van der Waals surface area contributed by atoms with Crippen molar-refractivity contribution in [2.45, 2.75) is 13.8 Å². The molecule has 6 heteroatoms. The van der Waals surface area contributed by atoms with Gasteiger partial charge in [-0.2, -0.15) is 5.10 Å². The van der Waals surface area contributed by atoms with E-state index in [0.717, 1.165) is 42.8 Å². The average Bonchev–Trinajstić information content (AvgIpc) is 2.39. The van der Waals surface area contributed by atoms with E-state index in [1.54, 1.807) is 6.20 Å². The van der Waals surface area contributed by atoms with Crippen molar-refractivity contribution < 1.29 is 0 Å². The van der Waals surface area contributed by atoms with Gasteiger partial charge in [-0.3, -0.25) is 0 Å². The normalized spacial score (nSPS) is 15.0. The van der Waals surface area contributed by atoms with Gasteiger partial charge < -0.3 is 10.2 Å². The van der Waals surface area contributed by atoms with Crippen LogP contribution in [0.1, 0.15) is 11.5 Å². The van der Waals surface area contributed by atoms with Gasteiger partial charge in [-0.15, -0.1) is 5.10 Å². The van der Waals surface area contributed by atoms with E-state index in [1.165, 1.54) is 0 Å². The third-order valence-corrected chi connectivity index (χ3v) is 3.41. The van der Waals surface area contributed by atoms with Gasteiger partial charge in [0.05, 0.1) is 5.69 Å². The predicted octanol–water partition coefficient (Wildman–Crippen LogP) is 1.43. The fourth-order valence-electron chi connectivity index (χ4n) is 2.25. The molecular weight excluding hydrogens is 252 g/mol. The summed E-state index contributed by atoms with van der Waals surface area (Å²) in [4.78, 5) is 10.7. The lowest BCUT2D eigenvalue weighted by Gasteiger charge is -2.40. The lowest BCUT2D eigenvalue weighted by atomic mass is 10.0. The summed E-state index contributed by atoms with van der Waals surface area (Å²) >= 11 is 0. The predicted molar refractivity (Wildman–Crippen MR) is 77.7 cm³/mol. The van der Waals surface area contributed by atoms with Crippen LogP contribution in [0.2, 0.25) is 0 Å². The average molecular weight is 270 g/mol. The van der Waals surface area contributed by atoms with Crippen LogP contribution in [0.5, 0.6) is 0 Å². The summed E-state index contributed by atoms with van der Waals surface area (Å²) in [6.45, 7) is 6.78. The van der Waals surface area contributed by atoms with Gasteiger partial charge in [-0.25, -0.2) is 9.97 Å². The maximum Gasteiger partial charge on any atom is 0.151 e. The Balaban J connectivity index is 1.48. The molecule has 0 saturated carbocycles. The van der Waals surface area contributed by atoms with E-state index in [4.69, 9.17) is 0 Å². The van der Waals surface area contributed by atoms with Gasteiger partial charge >= 0.3 is 0 Å². The van der Waals surface area contributed by atoms with E-state index < -0.39 is 0 Å². The molecule has 1 aliphatic rings. The van der Waals surface area contributed by atoms with Gasteiger partial charge in [-0.05, 0) is 32.0 Å². The standard InChI is InChI=1S/C14H18N6/c1-10-3-4-14(19-18-10)20-8-12(9-20)7-16-13-5-6-15-11(2)17-13/h3-6,12H,7-9H2,1-2H3,(H,15,16,17). The van der Waals surface area contributed by atoms with Gasteiger partial charge in [0.15, 0.2) is 5.82 Å². The number of hydrogen-bond donors (Lipinski definition) is 1. The molecule has 0 atom stereocenters. The van der Waals surface area contributed by atoms with Gasteiger partial charge in [-0.1, -0.05) is 0 Å². The molecule has 2 aromatic rings. The SMILES string of the molecule is Cc1ccc(N2CC(CNc3ccnc(C)n3)C2)nn1. The van der Waals surface area contributed by atoms with E-state index in [1.807, 2.05) is 32.0 Å². The van der Waals surface area contributed by atoms with E-state index in [2.05, 4.69) is 30.4 Å². The zero-order valence-corrected chi connectivity index (χ0v) is 11.7. The molecule has 1 fully saturated rings. The summed E-state index contributed by atoms with van der Waals surface area (Å²) in [7, 11) is 0. The summed E-state index contributed by atoms with van der Waals surface area (Å²) in [5.74, 6) is 3.27. The number of rotatable bonds is 4. The highest BCUT2D eigenvalue weighted by Crippen LogP contribution is 2.22. The maximum atomic E-state index is 4.33. The molecule has 0 aromatic carbocycles. The molecule has 104 valence electrons. The Hall–Kier alpha value is -2.24. The molecule has 0 amide bonds. The van der Waals surface area contributed by atoms with Gasteiger partial charge in [0.25, 0.3) is 0 Å². The summed E-state index contributed by atoms with van der Waals surface area (Å²) in [6.07, 6.45) is 1.78. The van der Waals surface area contributed by atoms with Crippen LogP contribution in [0.25, 0.3) is 0 Å². The van der Waals surface area contributed by atoms with E-state index in [-0.39, 0.29) is 0 Å². The van der Waals surface area contributed by atoms with Gasteiger partial charge in [0.1, 0.15) is 11.6 Å². The highest BCUT2D eigenvalue weighted by atomic mass is 15.3. The maximum absolute atomic E-state index is 4.33. The molecule has 0 bridgehead atoms. The Labute approximate surface area is 118 Å². The molecule has 1 saturated heterocycles. The lowest BCUT2D eigenvalue weighted by molar-refractivity contribution is 0.425. The molecule has 0 radical (unpaired) electrons. The molecular formula is C14H18N6. The number of hydrogen-bond acceptors (Lipinski definition) is 6. The minimum Gasteiger partial charge on any atom is -0.370 e. The van der Waals surface area contributed by atoms with Crippen LogP contribution >= 0.6 is 0 Å². The molecule has 6 nitrogen and oxygen atoms in total. The molecule has 0 unspecified atom stereocenters. The van der Waals surface area contributed by atoms with Crippen molar-refractivity contribution in [3.05, 3.63) is 35.9 Å². The second-order valence-electron chi connectivity index (χ2n) is 5.17. The number of nitrogens with zero attached hydrogens (tertiary/aromatic N) is 5. The zero-order valence-electron chi connectivity index (χ0n) is 11.7. The van der Waals surface area contributed by atoms with Crippen molar-refractivity contribution in [3.8, 4) is 0 Å². The molecule has 20 heavy (non-hydrogen) atoms. The van der Waals surface area contributed by atoms with Crippen LogP contribution in [0.3, 0.4) is 0 Å². The quantitative estimate of drug-likeness (QED) is 0.906. The molecule has 1 N–H and O–H groups in total. The first-order valence-electron chi connectivity index (χ1n) is 6.79. The van der Waals surface area contributed by atoms with Crippen molar-refractivity contribution in [1.82, 2.24) is 20.2 Å². The molecule has 3 heterocycles. The van der Waals surface area contributed by atoms with Crippen molar-refractivity contribution in [3.63, 3.8) is 0 Å². The summed E-state index contributed by atoms with van der Waals surface area (Å²) in [5, 5.41) is 11.6. The van der Waals surface area contributed by atoms with Crippen LogP contribution in [-0.2, 0) is 0 Å². The minimum absolute atomic E-state index is 0.619. The Kier molecular flexibility index (Phi) is 3.45. The van der Waals surface area contributed by atoms with Gasteiger partial charge in [0.2, 0.25) is 0 Å². The van der Waals surface area contributed by atoms with Crippen molar-refractivity contribution >= 4 is 11.6 Å². The Morgan fingerprint density at radius 2 is 2.05 bits per heavy atom. The molecule has 3 rings (SSSR count). The van der Waals surface area contributed by atoms with Gasteiger partial charge in [0, 0.05) is 31.7 Å². The highest BCUT2D eigenvalue weighted by Gasteiger charge is 2.27. The fourth-order valence-corrected chi connectivity index (χ4v) is 2.25. The molecule has 2 aromatic heterocycles. The molecule has 0 aliphatic carbocycles. The van der Waals surface area contributed by atoms with Crippen molar-refractivity contribution in [1.29, 1.82) is 0 Å². The van der Waals surface area contributed by atoms with Crippen LogP contribution in [-0.4, -0.2) is 39.8 Å². The second kappa shape index (κ2) is 5.40. The third-order valence-electron chi connectivity index (χ3n) is 3.41. The number of aromatic nitrogens is 4. The first-order valence-corrected chi connectivity index (χ1v) is 6.79. The third kappa shape index (κ3) is 2.84. The second-order valence-corrected chi connectivity index (χ2v) is 5.17. The Morgan fingerprint density at radius 3 is 2.75 bits per heavy atom. The smallest absolute Gasteiger partial charge is 0.151 e. The van der Waals surface area contributed by atoms with E-state index >= 15 is 0 Å². The monoisotopic (exact) mass is 270 g/mol. The summed E-state index contributed by atoms with van der Waals surface area (Å²) in [5.41, 5.74) is 0.951. The van der Waals surface area contributed by atoms with Crippen LogP contribution in [0.15, 0.2) is 24.4 Å². The van der Waals surface area contributed by atoms with Crippen molar-refractivity contribution in [2.24, 2.45) is 5.92 Å². The lowest BCUT2D eigenvalue weighted by Crippen LogP contribution is -2.50. The summed E-state index contributed by atoms with van der Waals surface area (Å²) < 4.78 is 0. The number of anilines is 2. The Bertz CT molecular complexity index is 576. The number of aryl methyl sites for hydroxylation is 2. The van der Waals surface area contributed by atoms with Crippen LogP contribution in [0.4, 0.5) is 11.6 Å². The van der Waals surface area contributed by atoms with Crippen molar-refractivity contribution in [2.75, 3.05) is 29.9 Å². The Morgan fingerprint density at radius 1 is 1.20 bits per heavy atom. The molecule has 1 aliphatic heterocycles. The number of nitrogens with one attached hydrogen (secondary N) is 1. The first kappa shape index (κ1) is 12.8. The topological polar surface area (TPSA) is 66.8 Å². The minimum atomic E-state index is 0.619. The van der Waals surface area contributed by atoms with E-state index in [0.29, 0.717) is 5.92 Å². The molecule has 0 spiro atoms. The zero-order chi connectivity index (χ0) is 13.9. The van der Waals surface area contributed by atoms with Crippen LogP contribution < -0.4 is 10.2 Å². The summed E-state index contributed by atoms with van der Waals surface area (Å²) in [6, 6.07) is 5.92. The first-order chi connectivity index (χ1) is 9.70. The highest BCUT2D eigenvalue weighted by molar-refractivity contribution is 5.41.